The van der Waals surface area contributed by atoms with Crippen molar-refractivity contribution in [2.24, 2.45) is 10.9 Å². The summed E-state index contributed by atoms with van der Waals surface area (Å²) in [6, 6.07) is 42.4. The summed E-state index contributed by atoms with van der Waals surface area (Å²) < 4.78 is 69.0. The van der Waals surface area contributed by atoms with Crippen LogP contribution in [-0.2, 0) is 66.1 Å². The highest BCUT2D eigenvalue weighted by molar-refractivity contribution is 7.89. The van der Waals surface area contributed by atoms with Crippen LogP contribution in [0.15, 0.2) is 162 Å². The Hall–Kier alpha value is -8.48. The summed E-state index contributed by atoms with van der Waals surface area (Å²) in [6.45, 7) is 8.95. The number of nitrogens with zero attached hydrogens (tertiary/aromatic N) is 4. The minimum Gasteiger partial charge on any atom is -0.487 e. The molecule has 17 nitrogen and oxygen atoms in total. The molecule has 0 aliphatic carbocycles. The van der Waals surface area contributed by atoms with E-state index in [1.165, 1.54) is 10.4 Å². The number of nitrogens with two attached hydrogens (primary N) is 2. The predicted molar refractivity (Wildman–Crippen MR) is 309 cm³/mol. The number of aryl methyl sites for hydroxylation is 2. The molecule has 0 bridgehead atoms. The van der Waals surface area contributed by atoms with Gasteiger partial charge in [0.25, 0.3) is 0 Å². The zero-order chi connectivity index (χ0) is 57.4. The van der Waals surface area contributed by atoms with Crippen LogP contribution in [0.5, 0.6) is 11.5 Å². The number of nitriles is 1. The summed E-state index contributed by atoms with van der Waals surface area (Å²) in [7, 11) is -8.20. The van der Waals surface area contributed by atoms with Crippen molar-refractivity contribution >= 4 is 37.3 Å². The average Bonchev–Trinajstić information content (AvgIpc) is 3.56. The Bertz CT molecular complexity index is 3840. The fourth-order valence-electron chi connectivity index (χ4n) is 9.27. The van der Waals surface area contributed by atoms with Crippen molar-refractivity contribution < 1.29 is 36.5 Å². The van der Waals surface area contributed by atoms with Gasteiger partial charge in [0.2, 0.25) is 20.0 Å². The van der Waals surface area contributed by atoms with Crippen LogP contribution in [-0.4, -0.2) is 52.7 Å². The smallest absolute Gasteiger partial charge is 0.244 e. The molecular formula is C61H63N9O8S2. The number of benzene rings is 6. The van der Waals surface area contributed by atoms with Gasteiger partial charge in [0.05, 0.1) is 46.0 Å². The fourth-order valence-corrected chi connectivity index (χ4v) is 12.0. The Morgan fingerprint density at radius 1 is 0.662 bits per heavy atom. The second-order valence-corrected chi connectivity index (χ2v) is 23.4. The van der Waals surface area contributed by atoms with Crippen molar-refractivity contribution in [3.05, 3.63) is 213 Å². The molecule has 19 heteroatoms. The first-order valence-electron chi connectivity index (χ1n) is 25.5. The first-order chi connectivity index (χ1) is 38.2. The monoisotopic (exact) mass is 1110 g/mol. The highest BCUT2D eigenvalue weighted by Crippen LogP contribution is 2.36. The van der Waals surface area contributed by atoms with Crippen LogP contribution < -0.4 is 31.0 Å². The van der Waals surface area contributed by atoms with Crippen LogP contribution >= 0.6 is 0 Å². The zero-order valence-corrected chi connectivity index (χ0v) is 46.6. The number of amidine groups is 1. The highest BCUT2D eigenvalue weighted by atomic mass is 32.2. The molecule has 8 aromatic rings. The Morgan fingerprint density at radius 3 is 1.68 bits per heavy atom. The van der Waals surface area contributed by atoms with Gasteiger partial charge in [-0.25, -0.2) is 22.0 Å². The van der Waals surface area contributed by atoms with E-state index in [9.17, 15) is 23.9 Å². The third kappa shape index (κ3) is 13.3. The number of rotatable bonds is 22. The first kappa shape index (κ1) is 57.7. The number of hydrogen-bond donors (Lipinski definition) is 7. The summed E-state index contributed by atoms with van der Waals surface area (Å²) in [6.07, 6.45) is 3.35. The van der Waals surface area contributed by atoms with Gasteiger partial charge in [0.1, 0.15) is 30.5 Å². The quantitative estimate of drug-likeness (QED) is 0.0246. The molecule has 0 spiro atoms. The fraction of sp³-hybridized carbons (Fsp3) is 0.213. The number of aliphatic hydroxyl groups is 2. The normalized spacial score (nSPS) is 11.8. The van der Waals surface area contributed by atoms with E-state index in [1.807, 2.05) is 63.2 Å². The molecular weight excluding hydrogens is 1050 g/mol. The number of hydrogen-bond acceptors (Lipinski definition) is 14. The molecule has 0 radical (unpaired) electrons. The van der Waals surface area contributed by atoms with Crippen LogP contribution in [0.3, 0.4) is 0 Å². The maximum Gasteiger partial charge on any atom is 0.244 e. The van der Waals surface area contributed by atoms with Crippen LogP contribution in [0.2, 0.25) is 0 Å². The number of sulfonamides is 2. The molecule has 0 saturated carbocycles. The standard InChI is InChI=1S/C61H63N9O8S2/c1-39-58(77-37-42-12-10-11-41(27-42)29-62)54(35-71)48(30-66-39)32-68-51-25-21-44(22-26-51)53-14-7-9-16-57(53)80(75,76)70(61(3,4)5)34-46-18-17-45(60(63)64)28-47(46)38-78-59-40(2)67-31-49(55(59)36-72)33-69-50-23-19-43(20-24-50)52-13-6-8-15-56(52)79(65,73)74/h6-28,30-31,68-69,71-72H,32-38H2,1-5H3,(H3,63,64)(H2,65,73,74). The molecule has 0 saturated heterocycles. The van der Waals surface area contributed by atoms with Gasteiger partial charge in [-0.2, -0.15) is 9.57 Å². The third-order valence-corrected chi connectivity index (χ3v) is 16.7. The van der Waals surface area contributed by atoms with Gasteiger partial charge >= 0.3 is 0 Å². The number of primary sulfonamides is 1. The SMILES string of the molecule is Cc1ncc(CNc2ccc(-c3ccccc3S(=O)(=O)N(Cc3ccc(C(=N)N)cc3COc3c(C)ncc(CNc4ccc(-c5ccccc5S(N)(=O)=O)cc4)c3CO)C(C)(C)C)cc2)c(CO)c1OCc1cccc(C#N)c1. The molecule has 412 valence electrons. The van der Waals surface area contributed by atoms with E-state index in [4.69, 9.17) is 25.8 Å². The summed E-state index contributed by atoms with van der Waals surface area (Å²) >= 11 is 0. The van der Waals surface area contributed by atoms with Crippen LogP contribution in [0.25, 0.3) is 22.3 Å². The Labute approximate surface area is 467 Å². The number of nitrogen functional groups attached to an aromatic ring is 1. The van der Waals surface area contributed by atoms with Gasteiger partial charge in [-0.05, 0) is 128 Å². The van der Waals surface area contributed by atoms with Gasteiger partial charge < -0.3 is 36.1 Å². The minimum absolute atomic E-state index is 0.0205. The molecule has 2 heterocycles. The molecule has 80 heavy (non-hydrogen) atoms. The van der Waals surface area contributed by atoms with Gasteiger partial charge in [0, 0.05) is 76.8 Å². The molecule has 9 N–H and O–H groups in total. The van der Waals surface area contributed by atoms with Gasteiger partial charge in [-0.15, -0.1) is 0 Å². The van der Waals surface area contributed by atoms with E-state index in [-0.39, 0.29) is 55.1 Å². The molecule has 8 rings (SSSR count). The minimum atomic E-state index is -4.25. The molecule has 0 atom stereocenters. The Kier molecular flexibility index (Phi) is 17.8. The van der Waals surface area contributed by atoms with Crippen molar-refractivity contribution in [3.8, 4) is 39.8 Å². The van der Waals surface area contributed by atoms with Crippen molar-refractivity contribution in [1.82, 2.24) is 14.3 Å². The summed E-state index contributed by atoms with van der Waals surface area (Å²) in [5.74, 6) is 0.626. The molecule has 0 amide bonds. The van der Waals surface area contributed by atoms with E-state index in [1.54, 1.807) is 117 Å². The number of ether oxygens (including phenoxy) is 2. The van der Waals surface area contributed by atoms with E-state index in [0.29, 0.717) is 90.6 Å². The number of anilines is 2. The van der Waals surface area contributed by atoms with Crippen molar-refractivity contribution in [2.75, 3.05) is 10.6 Å². The van der Waals surface area contributed by atoms with E-state index in [0.717, 1.165) is 22.5 Å². The number of aliphatic hydroxyl groups excluding tert-OH is 2. The maximum absolute atomic E-state index is 15.2. The predicted octanol–water partition coefficient (Wildman–Crippen LogP) is 9.59. The van der Waals surface area contributed by atoms with E-state index >= 15 is 8.42 Å². The highest BCUT2D eigenvalue weighted by Gasteiger charge is 2.36. The lowest BCUT2D eigenvalue weighted by molar-refractivity contribution is 0.237. The summed E-state index contributed by atoms with van der Waals surface area (Å²) in [5, 5.41) is 51.1. The lowest BCUT2D eigenvalue weighted by Gasteiger charge is -2.35. The second kappa shape index (κ2) is 24.7. The van der Waals surface area contributed by atoms with Crippen LogP contribution in [0, 0.1) is 30.6 Å². The zero-order valence-electron chi connectivity index (χ0n) is 45.0. The first-order valence-corrected chi connectivity index (χ1v) is 28.5. The van der Waals surface area contributed by atoms with Crippen LogP contribution in [0.1, 0.15) is 82.2 Å². The van der Waals surface area contributed by atoms with Crippen molar-refractivity contribution in [3.63, 3.8) is 0 Å². The molecule has 0 aliphatic heterocycles. The largest absolute Gasteiger partial charge is 0.487 e. The van der Waals surface area contributed by atoms with Crippen molar-refractivity contribution in [1.29, 1.82) is 10.7 Å². The van der Waals surface area contributed by atoms with E-state index in [2.05, 4.69) is 26.7 Å². The van der Waals surface area contributed by atoms with Crippen molar-refractivity contribution in [2.45, 2.75) is 96.0 Å². The van der Waals surface area contributed by atoms with Gasteiger partial charge in [0.15, 0.2) is 0 Å². The van der Waals surface area contributed by atoms with E-state index < -0.39 is 25.6 Å². The topological polar surface area (TPSA) is 280 Å². The van der Waals surface area contributed by atoms with Crippen LogP contribution in [0.4, 0.5) is 11.4 Å². The number of nitrogens with one attached hydrogen (secondary N) is 3. The number of pyridine rings is 2. The molecule has 0 fully saturated rings. The number of aromatic nitrogens is 2. The average molecular weight is 1110 g/mol. The summed E-state index contributed by atoms with van der Waals surface area (Å²) in [4.78, 5) is 9.24. The molecule has 2 aromatic heterocycles. The molecule has 6 aromatic carbocycles. The Balaban J connectivity index is 0.997. The lowest BCUT2D eigenvalue weighted by Crippen LogP contribution is -2.45. The Morgan fingerprint density at radius 2 is 1.18 bits per heavy atom. The van der Waals surface area contributed by atoms with Gasteiger partial charge in [-0.3, -0.25) is 15.4 Å². The lowest BCUT2D eigenvalue weighted by atomic mass is 10.0. The second-order valence-electron chi connectivity index (χ2n) is 20.0. The summed E-state index contributed by atoms with van der Waals surface area (Å²) in [5.41, 5.74) is 15.3. The molecule has 0 unspecified atom stereocenters. The van der Waals surface area contributed by atoms with Gasteiger partial charge in [-0.1, -0.05) is 84.9 Å². The third-order valence-electron chi connectivity index (χ3n) is 13.5. The maximum atomic E-state index is 15.2. The molecule has 0 aliphatic rings.